The van der Waals surface area contributed by atoms with E-state index in [4.69, 9.17) is 18.9 Å². The summed E-state index contributed by atoms with van der Waals surface area (Å²) in [5.41, 5.74) is 0. The topological polar surface area (TPSA) is 88.1 Å². The molecule has 1 unspecified atom stereocenters. The molecule has 4 atom stereocenters. The molecule has 0 N–H and O–H groups in total. The van der Waals surface area contributed by atoms with Crippen molar-refractivity contribution in [1.82, 2.24) is 0 Å². The van der Waals surface area contributed by atoms with Crippen LogP contribution in [0.1, 0.15) is 6.92 Å². The lowest BCUT2D eigenvalue weighted by molar-refractivity contribution is -0.247. The minimum absolute atomic E-state index is 0.103. The highest BCUT2D eigenvalue weighted by atomic mass is 16.7. The Morgan fingerprint density at radius 1 is 0.955 bits per heavy atom. The van der Waals surface area contributed by atoms with Crippen LogP contribution in [0, 0.1) is 5.92 Å². The van der Waals surface area contributed by atoms with Crippen LogP contribution in [-0.4, -0.2) is 43.0 Å². The third-order valence-corrected chi connectivity index (χ3v) is 2.99. The number of carbonyl (C=O) groups is 3. The van der Waals surface area contributed by atoms with Crippen LogP contribution in [-0.2, 0) is 33.3 Å². The van der Waals surface area contributed by atoms with Crippen molar-refractivity contribution < 1.29 is 33.3 Å². The maximum Gasteiger partial charge on any atom is 0.332 e. The van der Waals surface area contributed by atoms with Crippen molar-refractivity contribution in [2.75, 3.05) is 6.61 Å². The number of rotatable bonds is 6. The van der Waals surface area contributed by atoms with Gasteiger partial charge in [0.2, 0.25) is 6.29 Å². The van der Waals surface area contributed by atoms with Crippen molar-refractivity contribution in [2.45, 2.75) is 25.4 Å². The average Bonchev–Trinajstić information content (AvgIpc) is 2.52. The van der Waals surface area contributed by atoms with Crippen LogP contribution < -0.4 is 0 Å². The van der Waals surface area contributed by atoms with Gasteiger partial charge >= 0.3 is 17.9 Å². The highest BCUT2D eigenvalue weighted by molar-refractivity contribution is 5.82. The first-order valence-corrected chi connectivity index (χ1v) is 6.53. The first-order valence-electron chi connectivity index (χ1n) is 6.53. The second kappa shape index (κ2) is 8.14. The fourth-order valence-corrected chi connectivity index (χ4v) is 1.90. The fraction of sp³-hybridized carbons (Fsp3) is 0.400. The van der Waals surface area contributed by atoms with E-state index in [1.807, 2.05) is 0 Å². The van der Waals surface area contributed by atoms with Crippen LogP contribution in [0.2, 0.25) is 0 Å². The number of ether oxygens (including phenoxy) is 4. The normalized spacial score (nSPS) is 27.1. The summed E-state index contributed by atoms with van der Waals surface area (Å²) in [6.45, 7) is 11.4. The van der Waals surface area contributed by atoms with Gasteiger partial charge in [0.25, 0.3) is 0 Å². The Balaban J connectivity index is 2.88. The molecule has 0 aromatic carbocycles. The summed E-state index contributed by atoms with van der Waals surface area (Å²) in [5.74, 6) is -2.61. The highest BCUT2D eigenvalue weighted by Gasteiger charge is 2.43. The number of carbonyl (C=O) groups excluding carboxylic acids is 3. The van der Waals surface area contributed by atoms with E-state index in [1.54, 1.807) is 6.92 Å². The maximum atomic E-state index is 11.4. The lowest BCUT2D eigenvalue weighted by atomic mass is 9.96. The summed E-state index contributed by atoms with van der Waals surface area (Å²) in [4.78, 5) is 34.1. The van der Waals surface area contributed by atoms with Crippen LogP contribution in [0.25, 0.3) is 0 Å². The lowest BCUT2D eigenvalue weighted by Gasteiger charge is -2.38. The third kappa shape index (κ3) is 4.56. The van der Waals surface area contributed by atoms with E-state index in [0.717, 1.165) is 18.2 Å². The molecule has 7 heteroatoms. The molecule has 0 aliphatic carbocycles. The maximum absolute atomic E-state index is 11.4. The van der Waals surface area contributed by atoms with Crippen LogP contribution in [0.3, 0.4) is 0 Å². The Morgan fingerprint density at radius 2 is 1.45 bits per heavy atom. The summed E-state index contributed by atoms with van der Waals surface area (Å²) >= 11 is 0. The van der Waals surface area contributed by atoms with E-state index in [9.17, 15) is 14.4 Å². The van der Waals surface area contributed by atoms with Gasteiger partial charge in [0, 0.05) is 18.2 Å². The molecule has 0 spiro atoms. The average molecular weight is 310 g/mol. The fourth-order valence-electron chi connectivity index (χ4n) is 1.90. The molecule has 22 heavy (non-hydrogen) atoms. The highest BCUT2D eigenvalue weighted by Crippen LogP contribution is 2.27. The zero-order valence-corrected chi connectivity index (χ0v) is 12.2. The Bertz CT molecular complexity index is 482. The molecule has 0 radical (unpaired) electrons. The summed E-state index contributed by atoms with van der Waals surface area (Å²) < 4.78 is 20.7. The zero-order chi connectivity index (χ0) is 16.7. The van der Waals surface area contributed by atoms with Crippen molar-refractivity contribution in [1.29, 1.82) is 0 Å². The smallest absolute Gasteiger partial charge is 0.332 e. The molecule has 0 bridgehead atoms. The molecular formula is C15H18O7. The first kappa shape index (κ1) is 17.6. The molecule has 1 aliphatic heterocycles. The van der Waals surface area contributed by atoms with Crippen molar-refractivity contribution in [3.63, 3.8) is 0 Å². The van der Waals surface area contributed by atoms with Gasteiger partial charge in [0.05, 0.1) is 12.5 Å². The van der Waals surface area contributed by atoms with E-state index in [2.05, 4.69) is 19.7 Å². The van der Waals surface area contributed by atoms with Crippen LogP contribution in [0.4, 0.5) is 0 Å². The standard InChI is InChI=1S/C15H18O7/c1-5-11(16)20-10-8-19-15(22-13(18)7-3)9(4)14(10)21-12(17)6-2/h5-7,9-10,14-15H,1-3,8H2,4H3/t9-,10+,14-,15?/m0/s1. The number of esters is 3. The SMILES string of the molecule is C=CC(=O)OC1OC[C@@H](OC(=O)C=C)[C@@H](OC(=O)C=C)[C@@H]1C. The van der Waals surface area contributed by atoms with Crippen LogP contribution in [0.15, 0.2) is 38.0 Å². The van der Waals surface area contributed by atoms with Gasteiger partial charge in [0.15, 0.2) is 6.10 Å². The van der Waals surface area contributed by atoms with Crippen molar-refractivity contribution in [2.24, 2.45) is 5.92 Å². The molecular weight excluding hydrogens is 292 g/mol. The molecule has 0 amide bonds. The molecule has 0 aromatic heterocycles. The van der Waals surface area contributed by atoms with Gasteiger partial charge in [-0.2, -0.15) is 0 Å². The molecule has 1 rings (SSSR count). The predicted octanol–water partition coefficient (Wildman–Crippen LogP) is 0.904. The van der Waals surface area contributed by atoms with Gasteiger partial charge in [-0.25, -0.2) is 14.4 Å². The first-order chi connectivity index (χ1) is 10.4. The molecule has 1 aliphatic rings. The van der Waals surface area contributed by atoms with Gasteiger partial charge in [0.1, 0.15) is 6.10 Å². The molecule has 1 heterocycles. The number of hydrogen-bond donors (Lipinski definition) is 0. The van der Waals surface area contributed by atoms with E-state index in [0.29, 0.717) is 0 Å². The molecule has 1 saturated heterocycles. The third-order valence-electron chi connectivity index (χ3n) is 2.99. The molecule has 120 valence electrons. The van der Waals surface area contributed by atoms with Gasteiger partial charge in [-0.1, -0.05) is 26.7 Å². The molecule has 7 nitrogen and oxygen atoms in total. The van der Waals surface area contributed by atoms with Crippen LogP contribution in [0.5, 0.6) is 0 Å². The Hall–Kier alpha value is -2.41. The second-order valence-electron chi connectivity index (χ2n) is 4.49. The van der Waals surface area contributed by atoms with Crippen LogP contribution >= 0.6 is 0 Å². The van der Waals surface area contributed by atoms with E-state index in [-0.39, 0.29) is 6.61 Å². The minimum Gasteiger partial charge on any atom is -0.455 e. The minimum atomic E-state index is -0.952. The zero-order valence-electron chi connectivity index (χ0n) is 12.2. The number of hydrogen-bond acceptors (Lipinski definition) is 7. The Labute approximate surface area is 128 Å². The van der Waals surface area contributed by atoms with Crippen molar-refractivity contribution >= 4 is 17.9 Å². The predicted molar refractivity (Wildman–Crippen MR) is 75.3 cm³/mol. The molecule has 0 aromatic rings. The summed E-state index contributed by atoms with van der Waals surface area (Å²) in [5, 5.41) is 0. The summed E-state index contributed by atoms with van der Waals surface area (Å²) in [6, 6.07) is 0. The van der Waals surface area contributed by atoms with E-state index < -0.39 is 42.3 Å². The van der Waals surface area contributed by atoms with Gasteiger partial charge < -0.3 is 18.9 Å². The monoisotopic (exact) mass is 310 g/mol. The van der Waals surface area contributed by atoms with Gasteiger partial charge in [-0.15, -0.1) is 0 Å². The van der Waals surface area contributed by atoms with E-state index in [1.165, 1.54) is 0 Å². The van der Waals surface area contributed by atoms with E-state index >= 15 is 0 Å². The summed E-state index contributed by atoms with van der Waals surface area (Å²) in [6.07, 6.45) is 0.311. The Kier molecular flexibility index (Phi) is 6.52. The summed E-state index contributed by atoms with van der Waals surface area (Å²) in [7, 11) is 0. The molecule has 1 fully saturated rings. The second-order valence-corrected chi connectivity index (χ2v) is 4.49. The van der Waals surface area contributed by atoms with Crippen molar-refractivity contribution in [3.05, 3.63) is 38.0 Å². The molecule has 0 saturated carbocycles. The lowest BCUT2D eigenvalue weighted by Crippen LogP contribution is -2.52. The van der Waals surface area contributed by atoms with Gasteiger partial charge in [-0.3, -0.25) is 0 Å². The van der Waals surface area contributed by atoms with Crippen molar-refractivity contribution in [3.8, 4) is 0 Å². The Morgan fingerprint density at radius 3 is 2.00 bits per heavy atom. The largest absolute Gasteiger partial charge is 0.455 e. The van der Waals surface area contributed by atoms with Gasteiger partial charge in [-0.05, 0) is 0 Å². The quantitative estimate of drug-likeness (QED) is 0.409.